The second-order valence-electron chi connectivity index (χ2n) is 5.50. The van der Waals surface area contributed by atoms with Gasteiger partial charge in [-0.1, -0.05) is 20.8 Å². The molecule has 112 valence electrons. The first-order valence-corrected chi connectivity index (χ1v) is 9.51. The molecule has 0 aromatic carbocycles. The van der Waals surface area contributed by atoms with E-state index in [9.17, 15) is 0 Å². The Morgan fingerprint density at radius 3 is 2.75 bits per heavy atom. The van der Waals surface area contributed by atoms with Crippen LogP contribution in [0.4, 0.5) is 0 Å². The Morgan fingerprint density at radius 1 is 1.30 bits per heavy atom. The molecule has 2 unspecified atom stereocenters. The number of nitrogens with one attached hydrogen (secondary N) is 1. The number of thioether (sulfide) groups is 2. The van der Waals surface area contributed by atoms with Gasteiger partial charge in [0.25, 0.3) is 0 Å². The smallest absolute Gasteiger partial charge is 0.142 e. The summed E-state index contributed by atoms with van der Waals surface area (Å²) in [5.74, 6) is 3.50. The highest BCUT2D eigenvalue weighted by Crippen LogP contribution is 2.42. The molecule has 1 aliphatic rings. The molecule has 2 atom stereocenters. The van der Waals surface area contributed by atoms with Crippen molar-refractivity contribution in [1.29, 1.82) is 0 Å². The van der Waals surface area contributed by atoms with Crippen LogP contribution in [0.1, 0.15) is 49.7 Å². The molecular formula is C15H25N3S2. The van der Waals surface area contributed by atoms with E-state index >= 15 is 0 Å². The van der Waals surface area contributed by atoms with Crippen LogP contribution >= 0.6 is 23.5 Å². The minimum Gasteiger partial charge on any atom is -0.309 e. The molecule has 0 spiro atoms. The average molecular weight is 312 g/mol. The van der Waals surface area contributed by atoms with Gasteiger partial charge in [-0.15, -0.1) is 11.8 Å². The quantitative estimate of drug-likeness (QED) is 0.899. The van der Waals surface area contributed by atoms with Crippen molar-refractivity contribution in [3.63, 3.8) is 0 Å². The molecule has 2 heterocycles. The molecular weight excluding hydrogens is 286 g/mol. The van der Waals surface area contributed by atoms with Gasteiger partial charge in [0.15, 0.2) is 0 Å². The minimum absolute atomic E-state index is 0.455. The van der Waals surface area contributed by atoms with E-state index in [0.717, 1.165) is 23.8 Å². The van der Waals surface area contributed by atoms with E-state index in [1.807, 2.05) is 11.8 Å². The normalized spacial score (nSPS) is 23.2. The maximum atomic E-state index is 4.82. The summed E-state index contributed by atoms with van der Waals surface area (Å²) in [5, 5.41) is 4.55. The molecule has 0 amide bonds. The molecule has 1 aromatic heterocycles. The van der Waals surface area contributed by atoms with Gasteiger partial charge in [0.2, 0.25) is 0 Å². The van der Waals surface area contributed by atoms with Gasteiger partial charge in [-0.05, 0) is 19.4 Å². The first-order valence-electron chi connectivity index (χ1n) is 7.41. The summed E-state index contributed by atoms with van der Waals surface area (Å²) >= 11 is 4.10. The number of aryl methyl sites for hydroxylation is 1. The molecule has 2 rings (SSSR count). The maximum absolute atomic E-state index is 4.82. The highest BCUT2D eigenvalue weighted by Gasteiger charge is 2.28. The summed E-state index contributed by atoms with van der Waals surface area (Å²) in [6.45, 7) is 9.50. The average Bonchev–Trinajstić information content (AvgIpc) is 2.44. The Hall–Kier alpha value is -0.260. The highest BCUT2D eigenvalue weighted by molar-refractivity contribution is 8.06. The number of nitrogens with zero attached hydrogens (tertiary/aromatic N) is 2. The number of rotatable bonds is 5. The molecule has 1 aromatic rings. The Balaban J connectivity index is 2.17. The van der Waals surface area contributed by atoms with E-state index < -0.39 is 0 Å². The third-order valence-electron chi connectivity index (χ3n) is 3.32. The fourth-order valence-corrected chi connectivity index (χ4v) is 5.32. The van der Waals surface area contributed by atoms with Gasteiger partial charge in [-0.25, -0.2) is 9.97 Å². The van der Waals surface area contributed by atoms with Crippen molar-refractivity contribution >= 4 is 23.5 Å². The zero-order valence-electron chi connectivity index (χ0n) is 12.8. The van der Waals surface area contributed by atoms with Crippen molar-refractivity contribution in [2.45, 2.75) is 57.2 Å². The van der Waals surface area contributed by atoms with E-state index in [2.05, 4.69) is 50.8 Å². The topological polar surface area (TPSA) is 37.8 Å². The summed E-state index contributed by atoms with van der Waals surface area (Å²) in [7, 11) is 0. The van der Waals surface area contributed by atoms with Gasteiger partial charge >= 0.3 is 0 Å². The van der Waals surface area contributed by atoms with Crippen molar-refractivity contribution in [2.24, 2.45) is 0 Å². The van der Waals surface area contributed by atoms with Crippen LogP contribution < -0.4 is 5.32 Å². The lowest BCUT2D eigenvalue weighted by atomic mass is 10.2. The molecule has 3 nitrogen and oxygen atoms in total. The van der Waals surface area contributed by atoms with Gasteiger partial charge in [0.1, 0.15) is 5.82 Å². The van der Waals surface area contributed by atoms with Gasteiger partial charge in [0.05, 0.1) is 10.9 Å². The van der Waals surface area contributed by atoms with Crippen LogP contribution in [0.25, 0.3) is 0 Å². The number of hydrogen-bond donors (Lipinski definition) is 1. The summed E-state index contributed by atoms with van der Waals surface area (Å²) < 4.78 is 0. The highest BCUT2D eigenvalue weighted by atomic mass is 32.2. The lowest BCUT2D eigenvalue weighted by Crippen LogP contribution is -2.24. The molecule has 1 N–H and O–H groups in total. The van der Waals surface area contributed by atoms with Crippen molar-refractivity contribution in [2.75, 3.05) is 11.5 Å². The Kier molecular flexibility index (Phi) is 6.18. The summed E-state index contributed by atoms with van der Waals surface area (Å²) in [5.41, 5.74) is 2.20. The number of hydrogen-bond acceptors (Lipinski definition) is 5. The second kappa shape index (κ2) is 7.66. The summed E-state index contributed by atoms with van der Waals surface area (Å²) in [4.78, 5) is 9.53. The molecule has 20 heavy (non-hydrogen) atoms. The molecule has 1 saturated heterocycles. The van der Waals surface area contributed by atoms with Gasteiger partial charge in [-0.3, -0.25) is 0 Å². The van der Waals surface area contributed by atoms with E-state index in [1.54, 1.807) is 0 Å². The Labute approximate surface area is 131 Å². The van der Waals surface area contributed by atoms with Crippen LogP contribution in [0.15, 0.2) is 6.07 Å². The fourth-order valence-electron chi connectivity index (χ4n) is 2.33. The van der Waals surface area contributed by atoms with Crippen molar-refractivity contribution in [1.82, 2.24) is 15.3 Å². The molecule has 1 fully saturated rings. The zero-order valence-corrected chi connectivity index (χ0v) is 14.5. The Morgan fingerprint density at radius 2 is 2.05 bits per heavy atom. The van der Waals surface area contributed by atoms with E-state index in [0.29, 0.717) is 16.5 Å². The maximum Gasteiger partial charge on any atom is 0.142 e. The fraction of sp³-hybridized carbons (Fsp3) is 0.733. The molecule has 0 radical (unpaired) electrons. The second-order valence-corrected chi connectivity index (χ2v) is 8.10. The van der Waals surface area contributed by atoms with Gasteiger partial charge in [0, 0.05) is 35.0 Å². The molecule has 0 bridgehead atoms. The van der Waals surface area contributed by atoms with Crippen LogP contribution in [0.5, 0.6) is 0 Å². The first-order chi connectivity index (χ1) is 9.60. The standard InChI is InChI=1S/C15H25N3S2/c1-5-13-14(20-7-6-19-13)15-17-11(4)8-12(18-15)9-16-10(2)3/h8,10,13-14,16H,5-7,9H2,1-4H3. The Bertz CT molecular complexity index is 437. The predicted octanol–water partition coefficient (Wildman–Crippen LogP) is 3.58. The lowest BCUT2D eigenvalue weighted by molar-refractivity contribution is 0.577. The van der Waals surface area contributed by atoms with Crippen LogP contribution in [-0.2, 0) is 6.54 Å². The molecule has 5 heteroatoms. The molecule has 1 aliphatic heterocycles. The SMILES string of the molecule is CCC1SCCSC1c1nc(C)cc(CNC(C)C)n1. The van der Waals surface area contributed by atoms with Crippen molar-refractivity contribution < 1.29 is 0 Å². The van der Waals surface area contributed by atoms with E-state index in [1.165, 1.54) is 17.9 Å². The van der Waals surface area contributed by atoms with Crippen LogP contribution in [0, 0.1) is 6.92 Å². The van der Waals surface area contributed by atoms with Crippen LogP contribution in [0.3, 0.4) is 0 Å². The number of aromatic nitrogens is 2. The predicted molar refractivity (Wildman–Crippen MR) is 90.5 cm³/mol. The van der Waals surface area contributed by atoms with E-state index in [-0.39, 0.29) is 0 Å². The van der Waals surface area contributed by atoms with Crippen LogP contribution in [0.2, 0.25) is 0 Å². The molecule has 0 saturated carbocycles. The van der Waals surface area contributed by atoms with Crippen molar-refractivity contribution in [3.05, 3.63) is 23.3 Å². The largest absolute Gasteiger partial charge is 0.309 e. The molecule has 0 aliphatic carbocycles. The monoisotopic (exact) mass is 311 g/mol. The first kappa shape index (κ1) is 16.1. The third kappa shape index (κ3) is 4.37. The van der Waals surface area contributed by atoms with Crippen LogP contribution in [-0.4, -0.2) is 32.8 Å². The van der Waals surface area contributed by atoms with Gasteiger partial charge < -0.3 is 5.32 Å². The zero-order chi connectivity index (χ0) is 14.5. The minimum atomic E-state index is 0.455. The lowest BCUT2D eigenvalue weighted by Gasteiger charge is -2.29. The third-order valence-corrected chi connectivity index (χ3v) is 6.57. The van der Waals surface area contributed by atoms with Crippen molar-refractivity contribution in [3.8, 4) is 0 Å². The van der Waals surface area contributed by atoms with E-state index in [4.69, 9.17) is 9.97 Å². The summed E-state index contributed by atoms with van der Waals surface area (Å²) in [6, 6.07) is 2.58. The summed E-state index contributed by atoms with van der Waals surface area (Å²) in [6.07, 6.45) is 1.19. The van der Waals surface area contributed by atoms with Gasteiger partial charge in [-0.2, -0.15) is 11.8 Å².